The van der Waals surface area contributed by atoms with E-state index in [1.807, 2.05) is 0 Å². The minimum absolute atomic E-state index is 0.293. The van der Waals surface area contributed by atoms with Gasteiger partial charge in [0.15, 0.2) is 0 Å². The summed E-state index contributed by atoms with van der Waals surface area (Å²) in [5, 5.41) is 17.7. The minimum atomic E-state index is -0.599. The summed E-state index contributed by atoms with van der Waals surface area (Å²) < 4.78 is 0. The number of aromatic amines is 1. The third-order valence-electron chi connectivity index (χ3n) is 2.83. The number of aromatic nitrogens is 2. The van der Waals surface area contributed by atoms with Gasteiger partial charge in [0.05, 0.1) is 6.04 Å². The molecule has 0 radical (unpaired) electrons. The first kappa shape index (κ1) is 13.8. The smallest absolute Gasteiger partial charge is 0.274 e. The lowest BCUT2D eigenvalue weighted by Gasteiger charge is -2.14. The van der Waals surface area contributed by atoms with E-state index in [9.17, 15) is 9.59 Å². The molecule has 0 aliphatic carbocycles. The van der Waals surface area contributed by atoms with E-state index in [1.54, 1.807) is 48.9 Å². The summed E-state index contributed by atoms with van der Waals surface area (Å²) in [7, 11) is 0. The Balaban J connectivity index is 2.11. The van der Waals surface area contributed by atoms with Crippen LogP contribution < -0.4 is 10.8 Å². The first-order valence-electron chi connectivity index (χ1n) is 5.97. The maximum absolute atomic E-state index is 11.9. The molecule has 1 heterocycles. The Bertz CT molecular complexity index is 610. The standard InChI is InChI=1S/C13H14N4O3/c1-8(15-13(19)11-5-6-14-16-11)9-3-2-4-10(7-9)12(18)17-20/h2-8,20H,1H3,(H,14,16)(H,15,19)(H,17,18). The molecule has 0 saturated carbocycles. The second-order valence-corrected chi connectivity index (χ2v) is 4.22. The Labute approximate surface area is 115 Å². The lowest BCUT2D eigenvalue weighted by atomic mass is 10.0. The second-order valence-electron chi connectivity index (χ2n) is 4.22. The summed E-state index contributed by atoms with van der Waals surface area (Å²) >= 11 is 0. The predicted molar refractivity (Wildman–Crippen MR) is 70.2 cm³/mol. The molecular formula is C13H14N4O3. The van der Waals surface area contributed by atoms with Crippen molar-refractivity contribution in [3.8, 4) is 0 Å². The first-order valence-corrected chi connectivity index (χ1v) is 5.97. The SMILES string of the molecule is CC(NC(=O)c1cc[nH]n1)c1cccc(C(=O)NO)c1. The molecule has 1 unspecified atom stereocenters. The maximum atomic E-state index is 11.9. The van der Waals surface area contributed by atoms with Crippen molar-refractivity contribution in [3.05, 3.63) is 53.3 Å². The zero-order chi connectivity index (χ0) is 14.5. The van der Waals surface area contributed by atoms with Gasteiger partial charge >= 0.3 is 0 Å². The number of hydroxylamine groups is 1. The van der Waals surface area contributed by atoms with Crippen LogP contribution in [0.3, 0.4) is 0 Å². The lowest BCUT2D eigenvalue weighted by Crippen LogP contribution is -2.27. The van der Waals surface area contributed by atoms with E-state index in [-0.39, 0.29) is 11.9 Å². The van der Waals surface area contributed by atoms with Crippen molar-refractivity contribution in [2.45, 2.75) is 13.0 Å². The van der Waals surface area contributed by atoms with E-state index in [2.05, 4.69) is 15.5 Å². The molecule has 0 spiro atoms. The normalized spacial score (nSPS) is 11.7. The molecule has 1 aromatic heterocycles. The molecule has 0 bridgehead atoms. The van der Waals surface area contributed by atoms with Crippen LogP contribution in [0.5, 0.6) is 0 Å². The van der Waals surface area contributed by atoms with Crippen molar-refractivity contribution in [3.63, 3.8) is 0 Å². The molecule has 4 N–H and O–H groups in total. The van der Waals surface area contributed by atoms with Crippen molar-refractivity contribution in [2.24, 2.45) is 0 Å². The summed E-state index contributed by atoms with van der Waals surface area (Å²) in [6.07, 6.45) is 1.56. The van der Waals surface area contributed by atoms with Crippen LogP contribution in [0.1, 0.15) is 39.4 Å². The van der Waals surface area contributed by atoms with Gasteiger partial charge in [-0.05, 0) is 30.7 Å². The lowest BCUT2D eigenvalue weighted by molar-refractivity contribution is 0.0706. The van der Waals surface area contributed by atoms with E-state index in [4.69, 9.17) is 5.21 Å². The van der Waals surface area contributed by atoms with E-state index in [0.717, 1.165) is 5.56 Å². The number of carbonyl (C=O) groups is 2. The number of carbonyl (C=O) groups excluding carboxylic acids is 2. The molecule has 7 nitrogen and oxygen atoms in total. The third-order valence-corrected chi connectivity index (χ3v) is 2.83. The van der Waals surface area contributed by atoms with Crippen LogP contribution >= 0.6 is 0 Å². The highest BCUT2D eigenvalue weighted by molar-refractivity contribution is 5.94. The van der Waals surface area contributed by atoms with Gasteiger partial charge in [-0.15, -0.1) is 0 Å². The zero-order valence-corrected chi connectivity index (χ0v) is 10.8. The maximum Gasteiger partial charge on any atom is 0.274 e. The van der Waals surface area contributed by atoms with Gasteiger partial charge in [-0.1, -0.05) is 12.1 Å². The molecule has 0 aliphatic rings. The molecule has 2 rings (SSSR count). The number of rotatable bonds is 4. The topological polar surface area (TPSA) is 107 Å². The van der Waals surface area contributed by atoms with Crippen LogP contribution in [-0.2, 0) is 0 Å². The molecule has 0 saturated heterocycles. The summed E-state index contributed by atoms with van der Waals surface area (Å²) in [5.41, 5.74) is 2.92. The van der Waals surface area contributed by atoms with Gasteiger partial charge in [-0.25, -0.2) is 5.48 Å². The minimum Gasteiger partial charge on any atom is -0.344 e. The van der Waals surface area contributed by atoms with Crippen LogP contribution in [0.15, 0.2) is 36.5 Å². The number of hydrogen-bond acceptors (Lipinski definition) is 4. The van der Waals surface area contributed by atoms with Crippen LogP contribution in [0, 0.1) is 0 Å². The number of benzene rings is 1. The van der Waals surface area contributed by atoms with Crippen molar-refractivity contribution >= 4 is 11.8 Å². The number of nitrogens with zero attached hydrogens (tertiary/aromatic N) is 1. The van der Waals surface area contributed by atoms with Gasteiger partial charge < -0.3 is 5.32 Å². The van der Waals surface area contributed by atoms with Crippen molar-refractivity contribution in [1.29, 1.82) is 0 Å². The molecule has 0 fully saturated rings. The van der Waals surface area contributed by atoms with E-state index >= 15 is 0 Å². The average Bonchev–Trinajstić information content (AvgIpc) is 3.00. The Morgan fingerprint density at radius 1 is 1.30 bits per heavy atom. The highest BCUT2D eigenvalue weighted by Gasteiger charge is 2.14. The number of hydrogen-bond donors (Lipinski definition) is 4. The fraction of sp³-hybridized carbons (Fsp3) is 0.154. The summed E-state index contributed by atoms with van der Waals surface area (Å²) in [5.74, 6) is -0.909. The summed E-state index contributed by atoms with van der Waals surface area (Å²) in [4.78, 5) is 23.2. The number of H-pyrrole nitrogens is 1. The molecule has 20 heavy (non-hydrogen) atoms. The molecule has 7 heteroatoms. The predicted octanol–water partition coefficient (Wildman–Crippen LogP) is 1.02. The Kier molecular flexibility index (Phi) is 4.11. The quantitative estimate of drug-likeness (QED) is 0.493. The second kappa shape index (κ2) is 5.98. The van der Waals surface area contributed by atoms with Gasteiger partial charge in [-0.2, -0.15) is 5.10 Å². The fourth-order valence-corrected chi connectivity index (χ4v) is 1.75. The van der Waals surface area contributed by atoms with Crippen LogP contribution in [0.4, 0.5) is 0 Å². The van der Waals surface area contributed by atoms with Crippen LogP contribution in [-0.4, -0.2) is 27.2 Å². The Morgan fingerprint density at radius 3 is 2.75 bits per heavy atom. The Hall–Kier alpha value is -2.67. The first-order chi connectivity index (χ1) is 9.61. The molecule has 2 aromatic rings. The van der Waals surface area contributed by atoms with Crippen molar-refractivity contribution < 1.29 is 14.8 Å². The molecule has 1 aromatic carbocycles. The number of amides is 2. The fourth-order valence-electron chi connectivity index (χ4n) is 1.75. The van der Waals surface area contributed by atoms with Gasteiger partial charge in [-0.3, -0.25) is 19.9 Å². The number of nitrogens with one attached hydrogen (secondary N) is 3. The van der Waals surface area contributed by atoms with Crippen LogP contribution in [0.25, 0.3) is 0 Å². The highest BCUT2D eigenvalue weighted by atomic mass is 16.5. The molecule has 2 amide bonds. The highest BCUT2D eigenvalue weighted by Crippen LogP contribution is 2.14. The largest absolute Gasteiger partial charge is 0.344 e. The van der Waals surface area contributed by atoms with Gasteiger partial charge in [0.25, 0.3) is 11.8 Å². The third kappa shape index (κ3) is 3.01. The van der Waals surface area contributed by atoms with Crippen molar-refractivity contribution in [2.75, 3.05) is 0 Å². The average molecular weight is 274 g/mol. The van der Waals surface area contributed by atoms with E-state index in [1.165, 1.54) is 0 Å². The molecular weight excluding hydrogens is 260 g/mol. The monoisotopic (exact) mass is 274 g/mol. The molecule has 0 aliphatic heterocycles. The Morgan fingerprint density at radius 2 is 2.10 bits per heavy atom. The molecule has 1 atom stereocenters. The zero-order valence-electron chi connectivity index (χ0n) is 10.8. The van der Waals surface area contributed by atoms with Crippen LogP contribution in [0.2, 0.25) is 0 Å². The molecule has 104 valence electrons. The summed E-state index contributed by atoms with van der Waals surface area (Å²) in [6, 6.07) is 7.89. The summed E-state index contributed by atoms with van der Waals surface area (Å²) in [6.45, 7) is 1.79. The van der Waals surface area contributed by atoms with Gasteiger partial charge in [0, 0.05) is 11.8 Å². The van der Waals surface area contributed by atoms with E-state index < -0.39 is 5.91 Å². The van der Waals surface area contributed by atoms with Gasteiger partial charge in [0.1, 0.15) is 5.69 Å². The van der Waals surface area contributed by atoms with Crippen molar-refractivity contribution in [1.82, 2.24) is 21.0 Å². The van der Waals surface area contributed by atoms with E-state index in [0.29, 0.717) is 11.3 Å². The van der Waals surface area contributed by atoms with Gasteiger partial charge in [0.2, 0.25) is 0 Å².